The molecule has 2 fully saturated rings. The van der Waals surface area contributed by atoms with Gasteiger partial charge in [0.2, 0.25) is 11.9 Å². The molecule has 0 aromatic carbocycles. The maximum atomic E-state index is 13.2. The van der Waals surface area contributed by atoms with Crippen LogP contribution in [0.1, 0.15) is 41.2 Å². The van der Waals surface area contributed by atoms with Crippen LogP contribution >= 0.6 is 0 Å². The van der Waals surface area contributed by atoms with Crippen molar-refractivity contribution in [1.82, 2.24) is 25.3 Å². The van der Waals surface area contributed by atoms with Gasteiger partial charge in [0.1, 0.15) is 0 Å². The zero-order valence-corrected chi connectivity index (χ0v) is 16.3. The summed E-state index contributed by atoms with van der Waals surface area (Å²) in [4.78, 5) is 45.6. The Kier molecular flexibility index (Phi) is 5.66. The van der Waals surface area contributed by atoms with Crippen molar-refractivity contribution in [1.29, 1.82) is 0 Å². The van der Waals surface area contributed by atoms with Gasteiger partial charge in [-0.05, 0) is 30.5 Å². The molecule has 2 saturated heterocycles. The summed E-state index contributed by atoms with van der Waals surface area (Å²) in [5.74, 6) is 0.384. The highest BCUT2D eigenvalue weighted by Crippen LogP contribution is 2.33. The normalized spacial score (nSPS) is 20.0. The Morgan fingerprint density at radius 1 is 1.14 bits per heavy atom. The van der Waals surface area contributed by atoms with Crippen molar-refractivity contribution in [2.45, 2.75) is 25.3 Å². The molecule has 1 N–H and O–H groups in total. The molecule has 0 bridgehead atoms. The Bertz CT molecular complexity index is 870. The summed E-state index contributed by atoms with van der Waals surface area (Å²) in [6.45, 7) is 1.93. The molecular formula is C20H24N6O3. The van der Waals surface area contributed by atoms with Crippen molar-refractivity contribution in [3.8, 4) is 0 Å². The number of rotatable bonds is 4. The van der Waals surface area contributed by atoms with E-state index in [2.05, 4.69) is 25.2 Å². The Labute approximate surface area is 169 Å². The number of anilines is 1. The number of pyridine rings is 1. The van der Waals surface area contributed by atoms with Crippen LogP contribution in [0.25, 0.3) is 0 Å². The van der Waals surface area contributed by atoms with Gasteiger partial charge >= 0.3 is 0 Å². The van der Waals surface area contributed by atoms with Gasteiger partial charge in [-0.25, -0.2) is 15.0 Å². The first-order valence-electron chi connectivity index (χ1n) is 9.82. The predicted octanol–water partition coefficient (Wildman–Crippen LogP) is 1.35. The SMILES string of the molecule is CNC(=O)c1cncc(C2CCON2C(=O)C2CCN(c3ncccn3)CC2)c1. The molecule has 4 rings (SSSR count). The standard InChI is InChI=1S/C20H24N6O3/c1-21-18(27)16-11-15(12-22-13-16)17-5-10-29-26(17)19(28)14-3-8-25(9-4-14)20-23-6-2-7-24-20/h2,6-7,11-14,17H,3-5,8-10H2,1H3,(H,21,27). The van der Waals surface area contributed by atoms with Crippen molar-refractivity contribution >= 4 is 17.8 Å². The number of amides is 2. The van der Waals surface area contributed by atoms with Gasteiger partial charge in [0.05, 0.1) is 18.2 Å². The molecule has 9 heteroatoms. The highest BCUT2D eigenvalue weighted by Gasteiger charge is 2.37. The molecule has 4 heterocycles. The van der Waals surface area contributed by atoms with E-state index in [1.54, 1.807) is 37.8 Å². The molecule has 2 amide bonds. The Morgan fingerprint density at radius 2 is 1.90 bits per heavy atom. The number of hydroxylamine groups is 2. The van der Waals surface area contributed by atoms with Crippen LogP contribution in [0, 0.1) is 5.92 Å². The fourth-order valence-electron chi connectivity index (χ4n) is 3.86. The van der Waals surface area contributed by atoms with E-state index in [0.29, 0.717) is 24.5 Å². The van der Waals surface area contributed by atoms with Crippen LogP contribution in [0.2, 0.25) is 0 Å². The van der Waals surface area contributed by atoms with Crippen molar-refractivity contribution < 1.29 is 14.4 Å². The van der Waals surface area contributed by atoms with E-state index in [4.69, 9.17) is 4.84 Å². The summed E-state index contributed by atoms with van der Waals surface area (Å²) in [5, 5.41) is 4.09. The summed E-state index contributed by atoms with van der Waals surface area (Å²) < 4.78 is 0. The Balaban J connectivity index is 1.43. The number of hydrogen-bond donors (Lipinski definition) is 1. The number of carbonyl (C=O) groups excluding carboxylic acids is 2. The quantitative estimate of drug-likeness (QED) is 0.833. The lowest BCUT2D eigenvalue weighted by molar-refractivity contribution is -0.182. The van der Waals surface area contributed by atoms with Gasteiger partial charge in [-0.2, -0.15) is 0 Å². The second kappa shape index (κ2) is 8.52. The van der Waals surface area contributed by atoms with Crippen LogP contribution in [0.5, 0.6) is 0 Å². The summed E-state index contributed by atoms with van der Waals surface area (Å²) in [7, 11) is 1.58. The summed E-state index contributed by atoms with van der Waals surface area (Å²) >= 11 is 0. The molecule has 2 aromatic heterocycles. The van der Waals surface area contributed by atoms with E-state index in [9.17, 15) is 9.59 Å². The van der Waals surface area contributed by atoms with Crippen molar-refractivity contribution in [2.24, 2.45) is 5.92 Å². The van der Waals surface area contributed by atoms with E-state index in [0.717, 1.165) is 31.5 Å². The lowest BCUT2D eigenvalue weighted by atomic mass is 9.94. The first-order valence-corrected chi connectivity index (χ1v) is 9.82. The molecule has 9 nitrogen and oxygen atoms in total. The van der Waals surface area contributed by atoms with Crippen LogP contribution in [-0.4, -0.2) is 58.6 Å². The van der Waals surface area contributed by atoms with E-state index >= 15 is 0 Å². The topological polar surface area (TPSA) is 101 Å². The number of carbonyl (C=O) groups is 2. The van der Waals surface area contributed by atoms with Crippen LogP contribution in [0.15, 0.2) is 36.9 Å². The fourth-order valence-corrected chi connectivity index (χ4v) is 3.86. The molecule has 1 unspecified atom stereocenters. The molecule has 152 valence electrons. The van der Waals surface area contributed by atoms with Crippen molar-refractivity contribution in [3.05, 3.63) is 48.0 Å². The minimum Gasteiger partial charge on any atom is -0.355 e. The summed E-state index contributed by atoms with van der Waals surface area (Å²) in [6, 6.07) is 3.34. The van der Waals surface area contributed by atoms with Gasteiger partial charge in [-0.1, -0.05) is 0 Å². The van der Waals surface area contributed by atoms with Crippen LogP contribution in [-0.2, 0) is 9.63 Å². The van der Waals surface area contributed by atoms with Crippen LogP contribution < -0.4 is 10.2 Å². The number of piperidine rings is 1. The zero-order chi connectivity index (χ0) is 20.2. The highest BCUT2D eigenvalue weighted by atomic mass is 16.7. The van der Waals surface area contributed by atoms with E-state index in [1.807, 2.05) is 0 Å². The molecule has 29 heavy (non-hydrogen) atoms. The molecule has 1 atom stereocenters. The molecular weight excluding hydrogens is 372 g/mol. The van der Waals surface area contributed by atoms with Crippen molar-refractivity contribution in [3.63, 3.8) is 0 Å². The third-order valence-corrected chi connectivity index (χ3v) is 5.43. The molecule has 0 radical (unpaired) electrons. The van der Waals surface area contributed by atoms with Crippen LogP contribution in [0.3, 0.4) is 0 Å². The molecule has 2 aliphatic heterocycles. The zero-order valence-electron chi connectivity index (χ0n) is 16.3. The summed E-state index contributed by atoms with van der Waals surface area (Å²) in [6.07, 6.45) is 8.79. The average Bonchev–Trinajstić information content (AvgIpc) is 3.29. The van der Waals surface area contributed by atoms with Crippen LogP contribution in [0.4, 0.5) is 5.95 Å². The minimum atomic E-state index is -0.227. The highest BCUT2D eigenvalue weighted by molar-refractivity contribution is 5.93. The summed E-state index contributed by atoms with van der Waals surface area (Å²) in [5.41, 5.74) is 1.28. The van der Waals surface area contributed by atoms with Gasteiger partial charge in [-0.15, -0.1) is 0 Å². The van der Waals surface area contributed by atoms with Gasteiger partial charge < -0.3 is 10.2 Å². The Morgan fingerprint density at radius 3 is 2.62 bits per heavy atom. The monoisotopic (exact) mass is 396 g/mol. The second-order valence-corrected chi connectivity index (χ2v) is 7.20. The fraction of sp³-hybridized carbons (Fsp3) is 0.450. The smallest absolute Gasteiger partial charge is 0.252 e. The number of nitrogens with one attached hydrogen (secondary N) is 1. The maximum Gasteiger partial charge on any atom is 0.252 e. The molecule has 2 aliphatic rings. The van der Waals surface area contributed by atoms with Gasteiger partial charge in [0, 0.05) is 57.3 Å². The molecule has 0 saturated carbocycles. The van der Waals surface area contributed by atoms with Gasteiger partial charge in [-0.3, -0.25) is 19.4 Å². The number of aromatic nitrogens is 3. The van der Waals surface area contributed by atoms with Gasteiger partial charge in [0.25, 0.3) is 5.91 Å². The minimum absolute atomic E-state index is 0.00789. The third kappa shape index (κ3) is 4.04. The average molecular weight is 396 g/mol. The first kappa shape index (κ1) is 19.3. The maximum absolute atomic E-state index is 13.2. The largest absolute Gasteiger partial charge is 0.355 e. The number of hydrogen-bond acceptors (Lipinski definition) is 7. The van der Waals surface area contributed by atoms with Gasteiger partial charge in [0.15, 0.2) is 0 Å². The number of nitrogens with zero attached hydrogens (tertiary/aromatic N) is 5. The molecule has 2 aromatic rings. The third-order valence-electron chi connectivity index (χ3n) is 5.43. The molecule has 0 spiro atoms. The van der Waals surface area contributed by atoms with Crippen molar-refractivity contribution in [2.75, 3.05) is 31.6 Å². The Hall–Kier alpha value is -3.07. The predicted molar refractivity (Wildman–Crippen MR) is 105 cm³/mol. The van der Waals surface area contributed by atoms with E-state index in [-0.39, 0.29) is 23.8 Å². The van der Waals surface area contributed by atoms with E-state index < -0.39 is 0 Å². The first-order chi connectivity index (χ1) is 14.2. The van der Waals surface area contributed by atoms with E-state index in [1.165, 1.54) is 11.3 Å². The molecule has 0 aliphatic carbocycles. The second-order valence-electron chi connectivity index (χ2n) is 7.20. The lowest BCUT2D eigenvalue weighted by Crippen LogP contribution is -2.42. The lowest BCUT2D eigenvalue weighted by Gasteiger charge is -2.34.